The number of nitrogens with zero attached hydrogens (tertiary/aromatic N) is 4. The van der Waals surface area contributed by atoms with Crippen molar-refractivity contribution in [3.8, 4) is 0 Å². The van der Waals surface area contributed by atoms with Crippen LogP contribution in [0.5, 0.6) is 0 Å². The molecule has 6 rings (SSSR count). The molecule has 9 heteroatoms. The van der Waals surface area contributed by atoms with E-state index in [1.165, 1.54) is 7.11 Å². The second kappa shape index (κ2) is 10.7. The molecule has 9 nitrogen and oxygen atoms in total. The molecule has 0 saturated heterocycles. The van der Waals surface area contributed by atoms with Crippen LogP contribution >= 0.6 is 0 Å². The van der Waals surface area contributed by atoms with Crippen LogP contribution < -0.4 is 20.7 Å². The first-order valence-electron chi connectivity index (χ1n) is 14.8. The van der Waals surface area contributed by atoms with Crippen molar-refractivity contribution in [3.05, 3.63) is 86.0 Å². The number of aromatic nitrogens is 1. The molecular weight excluding hydrogens is 556 g/mol. The fourth-order valence-corrected chi connectivity index (χ4v) is 6.93. The van der Waals surface area contributed by atoms with Gasteiger partial charge in [-0.2, -0.15) is 0 Å². The van der Waals surface area contributed by atoms with Crippen LogP contribution in [0.4, 0.5) is 0 Å². The SMILES string of the molecule is C=CC1=C(C)C2=NC1=CC1=NC(=Cc3[n-]c4c(c3C)=C([O-])C(C(=O)OC)C=4C3=NC(=C2)C(C)C3CCC(=O)O)C(CC)=C1C. The molecule has 3 atom stereocenters. The van der Waals surface area contributed by atoms with Crippen molar-refractivity contribution < 1.29 is 24.5 Å². The third-order valence-corrected chi connectivity index (χ3v) is 9.41. The minimum Gasteiger partial charge on any atom is -0.874 e. The third kappa shape index (κ3) is 4.32. The van der Waals surface area contributed by atoms with Crippen LogP contribution in [-0.4, -0.2) is 41.3 Å². The molecule has 1 aromatic heterocycles. The van der Waals surface area contributed by atoms with E-state index < -0.39 is 17.9 Å². The maximum absolute atomic E-state index is 14.0. The van der Waals surface area contributed by atoms with Gasteiger partial charge in [-0.3, -0.25) is 14.6 Å². The summed E-state index contributed by atoms with van der Waals surface area (Å²) in [6, 6.07) is 0. The molecule has 0 saturated carbocycles. The number of hydrogen-bond donors (Lipinski definition) is 1. The summed E-state index contributed by atoms with van der Waals surface area (Å²) in [5.41, 5.74) is 9.82. The summed E-state index contributed by atoms with van der Waals surface area (Å²) in [6.07, 6.45) is 8.51. The van der Waals surface area contributed by atoms with E-state index >= 15 is 0 Å². The maximum Gasteiger partial charge on any atom is 0.316 e. The fourth-order valence-electron chi connectivity index (χ4n) is 6.93. The first-order chi connectivity index (χ1) is 21.0. The molecule has 0 spiro atoms. The molecular formula is C35H34N4O5-2. The molecule has 1 aromatic rings. The maximum atomic E-state index is 14.0. The van der Waals surface area contributed by atoms with Crippen molar-refractivity contribution in [3.63, 3.8) is 0 Å². The number of fused-ring (bicyclic) bond motifs is 5. The Labute approximate surface area is 255 Å². The Morgan fingerprint density at radius 2 is 1.80 bits per heavy atom. The number of methoxy groups -OCH3 is 1. The number of carboxylic acids is 1. The number of rotatable bonds is 6. The highest BCUT2D eigenvalue weighted by Crippen LogP contribution is 2.41. The Bertz CT molecular complexity index is 1950. The van der Waals surface area contributed by atoms with Crippen molar-refractivity contribution in [2.45, 2.75) is 53.9 Å². The lowest BCUT2D eigenvalue weighted by Gasteiger charge is -2.26. The first kappa shape index (κ1) is 29.3. The number of hydrogen-bond acceptors (Lipinski definition) is 7. The van der Waals surface area contributed by atoms with Crippen LogP contribution in [0.25, 0.3) is 17.4 Å². The van der Waals surface area contributed by atoms with Crippen molar-refractivity contribution in [2.75, 3.05) is 7.11 Å². The first-order valence-corrected chi connectivity index (χ1v) is 14.8. The van der Waals surface area contributed by atoms with E-state index in [1.807, 2.05) is 45.9 Å². The molecule has 3 unspecified atom stereocenters. The van der Waals surface area contributed by atoms with Crippen LogP contribution in [0.15, 0.2) is 79.2 Å². The molecule has 5 aliphatic rings. The van der Waals surface area contributed by atoms with E-state index in [1.54, 1.807) is 6.08 Å². The van der Waals surface area contributed by atoms with Crippen molar-refractivity contribution in [1.82, 2.24) is 4.98 Å². The number of carboxylic acid groups (broad SMARTS) is 1. The normalized spacial score (nSPS) is 23.8. The molecule has 8 bridgehead atoms. The highest BCUT2D eigenvalue weighted by molar-refractivity contribution is 6.27. The summed E-state index contributed by atoms with van der Waals surface area (Å²) in [4.78, 5) is 44.8. The third-order valence-electron chi connectivity index (χ3n) is 9.41. The Kier molecular flexibility index (Phi) is 7.14. The molecule has 5 heterocycles. The van der Waals surface area contributed by atoms with Gasteiger partial charge in [0.05, 0.1) is 35.8 Å². The fraction of sp³-hybridized carbons (Fsp3) is 0.343. The van der Waals surface area contributed by atoms with E-state index in [2.05, 4.69) is 13.5 Å². The molecule has 0 aromatic carbocycles. The number of carbonyl (C=O) groups excluding carboxylic acids is 1. The van der Waals surface area contributed by atoms with Gasteiger partial charge in [-0.05, 0) is 73.3 Å². The molecule has 0 amide bonds. The minimum absolute atomic E-state index is 0.0952. The van der Waals surface area contributed by atoms with Crippen molar-refractivity contribution >= 4 is 46.5 Å². The number of aliphatic carboxylic acids is 1. The quantitative estimate of drug-likeness (QED) is 0.505. The highest BCUT2D eigenvalue weighted by atomic mass is 16.5. The molecule has 0 radical (unpaired) electrons. The Morgan fingerprint density at radius 1 is 1.09 bits per heavy atom. The lowest BCUT2D eigenvalue weighted by atomic mass is 9.81. The summed E-state index contributed by atoms with van der Waals surface area (Å²) in [5.74, 6) is -3.82. The summed E-state index contributed by atoms with van der Waals surface area (Å²) < 4.78 is 5.11. The second-order valence-corrected chi connectivity index (χ2v) is 11.7. The molecule has 1 N–H and O–H groups in total. The lowest BCUT2D eigenvalue weighted by Crippen LogP contribution is -2.31. The van der Waals surface area contributed by atoms with Crippen LogP contribution in [0, 0.1) is 24.7 Å². The lowest BCUT2D eigenvalue weighted by molar-refractivity contribution is -0.255. The number of allylic oxidation sites excluding steroid dienone is 7. The summed E-state index contributed by atoms with van der Waals surface area (Å²) in [5, 5.41) is 24.3. The van der Waals surface area contributed by atoms with E-state index in [9.17, 15) is 19.8 Å². The zero-order valence-corrected chi connectivity index (χ0v) is 25.7. The Hall–Kier alpha value is -4.79. The van der Waals surface area contributed by atoms with Crippen LogP contribution in [-0.2, 0) is 14.3 Å². The van der Waals surface area contributed by atoms with E-state index in [0.717, 1.165) is 51.5 Å². The average molecular weight is 591 g/mol. The van der Waals surface area contributed by atoms with Gasteiger partial charge >= 0.3 is 11.9 Å². The van der Waals surface area contributed by atoms with E-state index in [-0.39, 0.29) is 30.4 Å². The van der Waals surface area contributed by atoms with E-state index in [0.29, 0.717) is 38.8 Å². The van der Waals surface area contributed by atoms with Gasteiger partial charge in [0, 0.05) is 35.2 Å². The van der Waals surface area contributed by atoms with Gasteiger partial charge in [-0.15, -0.1) is 16.8 Å². The second-order valence-electron chi connectivity index (χ2n) is 11.7. The molecule has 1 aliphatic carbocycles. The van der Waals surface area contributed by atoms with Gasteiger partial charge in [0.15, 0.2) is 0 Å². The highest BCUT2D eigenvalue weighted by Gasteiger charge is 2.40. The number of carbonyl (C=O) groups is 2. The van der Waals surface area contributed by atoms with Gasteiger partial charge in [0.2, 0.25) is 0 Å². The summed E-state index contributed by atoms with van der Waals surface area (Å²) in [7, 11) is 1.25. The largest absolute Gasteiger partial charge is 0.874 e. The zero-order chi connectivity index (χ0) is 31.6. The van der Waals surface area contributed by atoms with Crippen LogP contribution in [0.2, 0.25) is 0 Å². The average Bonchev–Trinajstić information content (AvgIpc) is 3.72. The molecule has 226 valence electrons. The summed E-state index contributed by atoms with van der Waals surface area (Å²) >= 11 is 0. The molecule has 0 fully saturated rings. The summed E-state index contributed by atoms with van der Waals surface area (Å²) in [6.45, 7) is 14.0. The van der Waals surface area contributed by atoms with Crippen LogP contribution in [0.1, 0.15) is 58.2 Å². The van der Waals surface area contributed by atoms with Gasteiger partial charge in [0.25, 0.3) is 0 Å². The van der Waals surface area contributed by atoms with Gasteiger partial charge in [-0.25, -0.2) is 9.98 Å². The molecule has 44 heavy (non-hydrogen) atoms. The van der Waals surface area contributed by atoms with Gasteiger partial charge < -0.3 is 19.9 Å². The van der Waals surface area contributed by atoms with Crippen molar-refractivity contribution in [2.24, 2.45) is 32.7 Å². The predicted octanol–water partition coefficient (Wildman–Crippen LogP) is 3.21. The zero-order valence-electron chi connectivity index (χ0n) is 25.7. The number of ether oxygens (including phenoxy) is 1. The van der Waals surface area contributed by atoms with Gasteiger partial charge in [-0.1, -0.05) is 38.1 Å². The smallest absolute Gasteiger partial charge is 0.316 e. The monoisotopic (exact) mass is 590 g/mol. The standard InChI is InChI=1S/C35H36N4O5/c1-8-19-15(3)22-12-24-17(5)21(10-11-28(40)41)32(38-24)30-31(35(43)44-7)34(42)29-18(6)25(39-33(29)30)14-27-20(9-2)16(4)23(37-27)13-26(19)36-22/h8,12-14,17,21,31H,1,9-11H2,2-7H3,(H3,36,37,38,39,40,41,42)/p-2. The predicted molar refractivity (Wildman–Crippen MR) is 168 cm³/mol. The topological polar surface area (TPSA) is 138 Å². The van der Waals surface area contributed by atoms with Crippen LogP contribution in [0.3, 0.4) is 0 Å². The minimum atomic E-state index is -1.23. The molecule has 4 aliphatic heterocycles. The Morgan fingerprint density at radius 3 is 2.45 bits per heavy atom. The van der Waals surface area contributed by atoms with E-state index in [4.69, 9.17) is 24.7 Å². The number of aliphatic imine (C=N–C) groups is 3. The number of esters is 1. The van der Waals surface area contributed by atoms with Crippen molar-refractivity contribution in [1.29, 1.82) is 0 Å². The van der Waals surface area contributed by atoms with Gasteiger partial charge in [0.1, 0.15) is 0 Å². The Balaban J connectivity index is 1.71.